The van der Waals surface area contributed by atoms with Crippen molar-refractivity contribution < 1.29 is 5.11 Å². The standard InChI is InChI=1S/C13H21ClN2O/c1-9(2)16-11(10(14)8-15-16)13(17)7-5-6-12(13,3)4/h8-9,17H,5-7H2,1-4H3. The van der Waals surface area contributed by atoms with E-state index >= 15 is 0 Å². The van der Waals surface area contributed by atoms with Gasteiger partial charge in [0.2, 0.25) is 0 Å². The summed E-state index contributed by atoms with van der Waals surface area (Å²) in [5, 5.41) is 15.9. The molecule has 17 heavy (non-hydrogen) atoms. The number of nitrogens with zero attached hydrogens (tertiary/aromatic N) is 2. The monoisotopic (exact) mass is 256 g/mol. The molecular formula is C13H21ClN2O. The molecule has 1 unspecified atom stereocenters. The van der Waals surface area contributed by atoms with Gasteiger partial charge in [0.25, 0.3) is 0 Å². The SMILES string of the molecule is CC(C)n1ncc(Cl)c1C1(O)CCCC1(C)C. The molecule has 1 aromatic rings. The molecule has 1 aliphatic carbocycles. The van der Waals surface area contributed by atoms with Crippen LogP contribution in [0.25, 0.3) is 0 Å². The Morgan fingerprint density at radius 2 is 2.06 bits per heavy atom. The van der Waals surface area contributed by atoms with E-state index in [0.717, 1.165) is 25.0 Å². The fourth-order valence-corrected chi connectivity index (χ4v) is 3.18. The lowest BCUT2D eigenvalue weighted by Crippen LogP contribution is -2.39. The quantitative estimate of drug-likeness (QED) is 0.879. The van der Waals surface area contributed by atoms with E-state index in [9.17, 15) is 5.11 Å². The fourth-order valence-electron chi connectivity index (χ4n) is 2.89. The van der Waals surface area contributed by atoms with E-state index in [1.165, 1.54) is 0 Å². The second-order valence-corrected chi connectivity index (χ2v) is 6.38. The van der Waals surface area contributed by atoms with Crippen LogP contribution >= 0.6 is 11.6 Å². The Morgan fingerprint density at radius 3 is 2.53 bits per heavy atom. The number of aliphatic hydroxyl groups is 1. The highest BCUT2D eigenvalue weighted by molar-refractivity contribution is 6.31. The molecule has 2 rings (SSSR count). The van der Waals surface area contributed by atoms with Crippen molar-refractivity contribution >= 4 is 11.6 Å². The van der Waals surface area contributed by atoms with Crippen molar-refractivity contribution in [1.29, 1.82) is 0 Å². The lowest BCUT2D eigenvalue weighted by molar-refractivity contribution is -0.0563. The third kappa shape index (κ3) is 1.80. The Morgan fingerprint density at radius 1 is 1.41 bits per heavy atom. The molecule has 1 atom stereocenters. The van der Waals surface area contributed by atoms with Crippen molar-refractivity contribution in [2.45, 2.75) is 58.6 Å². The van der Waals surface area contributed by atoms with Gasteiger partial charge in [0.05, 0.1) is 16.9 Å². The summed E-state index contributed by atoms with van der Waals surface area (Å²) in [5.41, 5.74) is -0.217. The minimum atomic E-state index is -0.856. The number of hydrogen-bond acceptors (Lipinski definition) is 2. The summed E-state index contributed by atoms with van der Waals surface area (Å²) in [4.78, 5) is 0. The van der Waals surface area contributed by atoms with Crippen molar-refractivity contribution in [2.24, 2.45) is 5.41 Å². The summed E-state index contributed by atoms with van der Waals surface area (Å²) in [6.07, 6.45) is 4.45. The average Bonchev–Trinajstić information content (AvgIpc) is 2.70. The Labute approximate surface area is 108 Å². The van der Waals surface area contributed by atoms with Crippen LogP contribution in [0.15, 0.2) is 6.20 Å². The zero-order valence-electron chi connectivity index (χ0n) is 11.0. The Hall–Kier alpha value is -0.540. The van der Waals surface area contributed by atoms with Crippen molar-refractivity contribution in [3.05, 3.63) is 16.9 Å². The van der Waals surface area contributed by atoms with Gasteiger partial charge in [-0.25, -0.2) is 0 Å². The molecule has 0 bridgehead atoms. The van der Waals surface area contributed by atoms with E-state index in [1.807, 2.05) is 4.68 Å². The van der Waals surface area contributed by atoms with E-state index < -0.39 is 5.60 Å². The summed E-state index contributed by atoms with van der Waals surface area (Å²) in [6, 6.07) is 0.206. The number of aromatic nitrogens is 2. The largest absolute Gasteiger partial charge is 0.383 e. The normalized spacial score (nSPS) is 27.9. The lowest BCUT2D eigenvalue weighted by atomic mass is 9.75. The minimum Gasteiger partial charge on any atom is -0.383 e. The van der Waals surface area contributed by atoms with E-state index in [0.29, 0.717) is 5.02 Å². The molecule has 3 nitrogen and oxygen atoms in total. The molecular weight excluding hydrogens is 236 g/mol. The number of rotatable bonds is 2. The molecule has 1 aliphatic rings. The number of halogens is 1. The molecule has 0 spiro atoms. The van der Waals surface area contributed by atoms with Gasteiger partial charge < -0.3 is 5.11 Å². The molecule has 4 heteroatoms. The van der Waals surface area contributed by atoms with Gasteiger partial charge in [-0.2, -0.15) is 5.10 Å². The van der Waals surface area contributed by atoms with Gasteiger partial charge in [0.15, 0.2) is 0 Å². The molecule has 1 saturated carbocycles. The summed E-state index contributed by atoms with van der Waals surface area (Å²) in [5.74, 6) is 0. The zero-order chi connectivity index (χ0) is 12.8. The molecule has 1 N–H and O–H groups in total. The Kier molecular flexibility index (Phi) is 3.03. The van der Waals surface area contributed by atoms with Crippen molar-refractivity contribution in [1.82, 2.24) is 9.78 Å². The third-order valence-corrected chi connectivity index (χ3v) is 4.37. The minimum absolute atomic E-state index is 0.149. The molecule has 96 valence electrons. The van der Waals surface area contributed by atoms with Gasteiger partial charge in [-0.05, 0) is 38.5 Å². The van der Waals surface area contributed by atoms with Gasteiger partial charge in [-0.15, -0.1) is 0 Å². The summed E-state index contributed by atoms with van der Waals surface area (Å²) in [7, 11) is 0. The van der Waals surface area contributed by atoms with Gasteiger partial charge in [0, 0.05) is 6.04 Å². The van der Waals surface area contributed by atoms with Gasteiger partial charge in [-0.3, -0.25) is 4.68 Å². The molecule has 0 saturated heterocycles. The van der Waals surface area contributed by atoms with Gasteiger partial charge in [-0.1, -0.05) is 25.4 Å². The average molecular weight is 257 g/mol. The van der Waals surface area contributed by atoms with E-state index in [4.69, 9.17) is 11.6 Å². The first kappa shape index (κ1) is 12.9. The predicted octanol–water partition coefficient (Wildman–Crippen LogP) is 3.52. The topological polar surface area (TPSA) is 38.0 Å². The zero-order valence-corrected chi connectivity index (χ0v) is 11.8. The molecule has 0 amide bonds. The Bertz CT molecular complexity index is 425. The maximum absolute atomic E-state index is 11.0. The molecule has 0 aromatic carbocycles. The van der Waals surface area contributed by atoms with Gasteiger partial charge in [0.1, 0.15) is 5.60 Å². The highest BCUT2D eigenvalue weighted by Gasteiger charge is 2.51. The molecule has 0 radical (unpaired) electrons. The highest BCUT2D eigenvalue weighted by atomic mass is 35.5. The van der Waals surface area contributed by atoms with Crippen LogP contribution in [0.1, 0.15) is 58.7 Å². The smallest absolute Gasteiger partial charge is 0.113 e. The van der Waals surface area contributed by atoms with E-state index in [1.54, 1.807) is 6.20 Å². The van der Waals surface area contributed by atoms with Crippen LogP contribution in [0, 0.1) is 5.41 Å². The molecule has 1 heterocycles. The van der Waals surface area contributed by atoms with Crippen LogP contribution in [-0.4, -0.2) is 14.9 Å². The van der Waals surface area contributed by atoms with Crippen LogP contribution < -0.4 is 0 Å². The van der Waals surface area contributed by atoms with Gasteiger partial charge >= 0.3 is 0 Å². The highest BCUT2D eigenvalue weighted by Crippen LogP contribution is 2.53. The number of hydrogen-bond donors (Lipinski definition) is 1. The predicted molar refractivity (Wildman–Crippen MR) is 69.2 cm³/mol. The van der Waals surface area contributed by atoms with E-state index in [-0.39, 0.29) is 11.5 Å². The molecule has 1 fully saturated rings. The molecule has 1 aromatic heterocycles. The van der Waals surface area contributed by atoms with Crippen molar-refractivity contribution in [3.8, 4) is 0 Å². The van der Waals surface area contributed by atoms with Crippen molar-refractivity contribution in [3.63, 3.8) is 0 Å². The Balaban J connectivity index is 2.57. The third-order valence-electron chi connectivity index (χ3n) is 4.09. The summed E-state index contributed by atoms with van der Waals surface area (Å²) < 4.78 is 1.86. The first-order valence-electron chi connectivity index (χ1n) is 6.25. The van der Waals surface area contributed by atoms with Crippen LogP contribution in [-0.2, 0) is 5.60 Å². The second kappa shape index (κ2) is 3.99. The van der Waals surface area contributed by atoms with Crippen LogP contribution in [0.2, 0.25) is 5.02 Å². The molecule has 0 aliphatic heterocycles. The second-order valence-electron chi connectivity index (χ2n) is 5.98. The first-order valence-corrected chi connectivity index (χ1v) is 6.63. The van der Waals surface area contributed by atoms with Crippen molar-refractivity contribution in [2.75, 3.05) is 0 Å². The fraction of sp³-hybridized carbons (Fsp3) is 0.769. The first-order chi connectivity index (χ1) is 7.79. The lowest BCUT2D eigenvalue weighted by Gasteiger charge is -2.38. The van der Waals surface area contributed by atoms with E-state index in [2.05, 4.69) is 32.8 Å². The van der Waals surface area contributed by atoms with Crippen LogP contribution in [0.5, 0.6) is 0 Å². The van der Waals surface area contributed by atoms with Crippen LogP contribution in [0.3, 0.4) is 0 Å². The maximum atomic E-state index is 11.0. The summed E-state index contributed by atoms with van der Waals surface area (Å²) >= 11 is 6.24. The maximum Gasteiger partial charge on any atom is 0.113 e. The summed E-state index contributed by atoms with van der Waals surface area (Å²) in [6.45, 7) is 8.32. The van der Waals surface area contributed by atoms with Crippen LogP contribution in [0.4, 0.5) is 0 Å².